The number of aryl methyl sites for hydroxylation is 1. The van der Waals surface area contributed by atoms with E-state index in [2.05, 4.69) is 32.2 Å². The van der Waals surface area contributed by atoms with Crippen molar-refractivity contribution >= 4 is 38.9 Å². The standard InChI is InChI=1S/C25H20BrN5OS/c26-18-9-7-8-17(14-18)15-21-24(32)31(19-10-3-1-4-11-19)25(33-21)20(16-27)23-29-28-22-12-5-2-6-13-30(22)23/h1,3-4,7-11,14-15H,2,5-6,12-13H2/b21-15-,25-20+. The van der Waals surface area contributed by atoms with E-state index in [9.17, 15) is 10.1 Å². The molecular weight excluding hydrogens is 498 g/mol. The van der Waals surface area contributed by atoms with Gasteiger partial charge in [-0.3, -0.25) is 9.36 Å². The lowest BCUT2D eigenvalue weighted by Gasteiger charge is -2.07. The van der Waals surface area contributed by atoms with Gasteiger partial charge in [-0.15, -0.1) is 21.5 Å². The lowest BCUT2D eigenvalue weighted by atomic mass is 10.2. The van der Waals surface area contributed by atoms with E-state index in [4.69, 9.17) is 0 Å². The van der Waals surface area contributed by atoms with Gasteiger partial charge in [0.25, 0.3) is 5.56 Å². The summed E-state index contributed by atoms with van der Waals surface area (Å²) < 4.78 is 5.71. The minimum Gasteiger partial charge on any atom is -0.310 e. The van der Waals surface area contributed by atoms with Crippen molar-refractivity contribution in [3.63, 3.8) is 0 Å². The van der Waals surface area contributed by atoms with E-state index in [0.29, 0.717) is 26.3 Å². The molecule has 8 heteroatoms. The van der Waals surface area contributed by atoms with Crippen LogP contribution in [-0.2, 0) is 13.0 Å². The number of hydrogen-bond acceptors (Lipinski definition) is 5. The van der Waals surface area contributed by atoms with Crippen LogP contribution in [0, 0.1) is 11.3 Å². The number of nitriles is 1. The molecule has 0 radical (unpaired) electrons. The Morgan fingerprint density at radius 3 is 2.73 bits per heavy atom. The van der Waals surface area contributed by atoms with Gasteiger partial charge in [-0.1, -0.05) is 52.7 Å². The fraction of sp³-hybridized carbons (Fsp3) is 0.200. The van der Waals surface area contributed by atoms with E-state index < -0.39 is 0 Å². The first-order chi connectivity index (χ1) is 16.2. The smallest absolute Gasteiger partial charge is 0.273 e. The summed E-state index contributed by atoms with van der Waals surface area (Å²) in [5, 5.41) is 19.0. The zero-order valence-electron chi connectivity index (χ0n) is 17.7. The van der Waals surface area contributed by atoms with Gasteiger partial charge in [0.05, 0.1) is 10.2 Å². The van der Waals surface area contributed by atoms with Gasteiger partial charge in [0.15, 0.2) is 5.82 Å². The molecule has 33 heavy (non-hydrogen) atoms. The SMILES string of the molecule is N#C/C(c1nnc2n1CCCCC2)=c1\s/c(=C\c2cccc(Br)c2)c(=O)n1-c1ccccc1. The van der Waals surface area contributed by atoms with E-state index in [-0.39, 0.29) is 5.56 Å². The van der Waals surface area contributed by atoms with Gasteiger partial charge in [0, 0.05) is 17.4 Å². The average Bonchev–Trinajstić information content (AvgIpc) is 3.26. The molecule has 2 aromatic carbocycles. The molecule has 0 fully saturated rings. The number of fused-ring (bicyclic) bond motifs is 1. The fourth-order valence-electron chi connectivity index (χ4n) is 4.07. The third kappa shape index (κ3) is 4.22. The number of nitrogens with zero attached hydrogens (tertiary/aromatic N) is 5. The highest BCUT2D eigenvalue weighted by atomic mass is 79.9. The van der Waals surface area contributed by atoms with Crippen molar-refractivity contribution < 1.29 is 0 Å². The van der Waals surface area contributed by atoms with Crippen LogP contribution in [0.5, 0.6) is 0 Å². The van der Waals surface area contributed by atoms with Crippen LogP contribution < -0.4 is 14.8 Å². The lowest BCUT2D eigenvalue weighted by molar-refractivity contribution is 0.627. The van der Waals surface area contributed by atoms with Gasteiger partial charge >= 0.3 is 0 Å². The van der Waals surface area contributed by atoms with Crippen molar-refractivity contribution in [2.45, 2.75) is 32.2 Å². The molecule has 164 valence electrons. The van der Waals surface area contributed by atoms with E-state index in [1.807, 2.05) is 65.2 Å². The highest BCUT2D eigenvalue weighted by Gasteiger charge is 2.21. The summed E-state index contributed by atoms with van der Waals surface area (Å²) in [6, 6.07) is 19.5. The highest BCUT2D eigenvalue weighted by molar-refractivity contribution is 9.10. The fourth-order valence-corrected chi connectivity index (χ4v) is 5.59. The van der Waals surface area contributed by atoms with E-state index in [1.54, 1.807) is 4.57 Å². The highest BCUT2D eigenvalue weighted by Crippen LogP contribution is 2.18. The maximum atomic E-state index is 13.6. The van der Waals surface area contributed by atoms with Gasteiger partial charge in [0.2, 0.25) is 0 Å². The summed E-state index contributed by atoms with van der Waals surface area (Å²) in [7, 11) is 0. The lowest BCUT2D eigenvalue weighted by Crippen LogP contribution is -2.31. The predicted molar refractivity (Wildman–Crippen MR) is 133 cm³/mol. The molecule has 0 spiro atoms. The molecule has 5 rings (SSSR count). The molecule has 4 aromatic rings. The number of aromatic nitrogens is 4. The van der Waals surface area contributed by atoms with E-state index in [1.165, 1.54) is 11.3 Å². The largest absolute Gasteiger partial charge is 0.310 e. The number of para-hydroxylation sites is 1. The quantitative estimate of drug-likeness (QED) is 0.416. The molecule has 1 aliphatic rings. The summed E-state index contributed by atoms with van der Waals surface area (Å²) in [5.74, 6) is 1.44. The molecule has 0 N–H and O–H groups in total. The third-order valence-electron chi connectivity index (χ3n) is 5.64. The van der Waals surface area contributed by atoms with Crippen LogP contribution in [0.2, 0.25) is 0 Å². The summed E-state index contributed by atoms with van der Waals surface area (Å²) >= 11 is 4.79. The first kappa shape index (κ1) is 21.6. The second-order valence-corrected chi connectivity index (χ2v) is 9.78. The Kier molecular flexibility index (Phi) is 6.07. The molecule has 0 aliphatic carbocycles. The summed E-state index contributed by atoms with van der Waals surface area (Å²) in [6.45, 7) is 0.779. The number of hydrogen-bond donors (Lipinski definition) is 0. The second-order valence-electron chi connectivity index (χ2n) is 7.84. The maximum absolute atomic E-state index is 13.6. The second kappa shape index (κ2) is 9.30. The van der Waals surface area contributed by atoms with Crippen molar-refractivity contribution in [3.8, 4) is 11.8 Å². The van der Waals surface area contributed by atoms with Crippen LogP contribution >= 0.6 is 27.3 Å². The van der Waals surface area contributed by atoms with Crippen molar-refractivity contribution in [1.29, 1.82) is 5.26 Å². The average molecular weight is 518 g/mol. The van der Waals surface area contributed by atoms with Crippen LogP contribution in [0.1, 0.15) is 36.5 Å². The molecule has 6 nitrogen and oxygen atoms in total. The van der Waals surface area contributed by atoms with Crippen LogP contribution in [0.15, 0.2) is 63.9 Å². The minimum atomic E-state index is -0.162. The Bertz CT molecular complexity index is 1540. The van der Waals surface area contributed by atoms with Crippen LogP contribution in [-0.4, -0.2) is 19.3 Å². The van der Waals surface area contributed by atoms with Crippen molar-refractivity contribution in [2.75, 3.05) is 0 Å². The molecule has 0 bridgehead atoms. The topological polar surface area (TPSA) is 76.5 Å². The molecule has 0 amide bonds. The molecule has 1 aliphatic heterocycles. The van der Waals surface area contributed by atoms with Gasteiger partial charge < -0.3 is 4.57 Å². The zero-order chi connectivity index (χ0) is 22.8. The zero-order valence-corrected chi connectivity index (χ0v) is 20.1. The van der Waals surface area contributed by atoms with Crippen LogP contribution in [0.3, 0.4) is 0 Å². The monoisotopic (exact) mass is 517 g/mol. The third-order valence-corrected chi connectivity index (χ3v) is 7.23. The molecule has 0 unspecified atom stereocenters. The van der Waals surface area contributed by atoms with Gasteiger partial charge in [-0.25, -0.2) is 0 Å². The number of halogens is 1. The molecule has 2 aromatic heterocycles. The Balaban J connectivity index is 1.83. The first-order valence-electron chi connectivity index (χ1n) is 10.8. The molecule has 0 saturated heterocycles. The number of benzene rings is 2. The molecular formula is C25H20BrN5OS. The summed E-state index contributed by atoms with van der Waals surface area (Å²) in [6.07, 6.45) is 5.93. The van der Waals surface area contributed by atoms with Gasteiger partial charge in [-0.2, -0.15) is 5.26 Å². The van der Waals surface area contributed by atoms with Gasteiger partial charge in [-0.05, 0) is 48.7 Å². The first-order valence-corrected chi connectivity index (χ1v) is 12.4. The Morgan fingerprint density at radius 1 is 1.09 bits per heavy atom. The van der Waals surface area contributed by atoms with Crippen molar-refractivity contribution in [1.82, 2.24) is 19.3 Å². The minimum absolute atomic E-state index is 0.162. The summed E-state index contributed by atoms with van der Waals surface area (Å²) in [4.78, 5) is 13.6. The Labute approximate surface area is 202 Å². The van der Waals surface area contributed by atoms with Crippen molar-refractivity contribution in [2.24, 2.45) is 0 Å². The van der Waals surface area contributed by atoms with E-state index >= 15 is 0 Å². The van der Waals surface area contributed by atoms with Crippen molar-refractivity contribution in [3.05, 3.63) is 95.8 Å². The Hall–Kier alpha value is -3.28. The predicted octanol–water partition coefficient (Wildman–Crippen LogP) is 3.53. The summed E-state index contributed by atoms with van der Waals surface area (Å²) in [5.41, 5.74) is 1.83. The number of rotatable bonds is 3. The maximum Gasteiger partial charge on any atom is 0.273 e. The van der Waals surface area contributed by atoms with Crippen LogP contribution in [0.4, 0.5) is 0 Å². The normalized spacial score (nSPS) is 15.0. The Morgan fingerprint density at radius 2 is 1.94 bits per heavy atom. The molecule has 0 saturated carbocycles. The van der Waals surface area contributed by atoms with E-state index in [0.717, 1.165) is 48.1 Å². The molecule has 3 heterocycles. The molecule has 0 atom stereocenters. The van der Waals surface area contributed by atoms with Gasteiger partial charge in [0.1, 0.15) is 22.1 Å². The van der Waals surface area contributed by atoms with Crippen LogP contribution in [0.25, 0.3) is 17.3 Å². The number of thiazole rings is 1.